The number of ether oxygens (including phenoxy) is 1. The fraction of sp³-hybridized carbons (Fsp3) is 0.182. The Morgan fingerprint density at radius 1 is 0.880 bits per heavy atom. The lowest BCUT2D eigenvalue weighted by Crippen LogP contribution is -2.17. The summed E-state index contributed by atoms with van der Waals surface area (Å²) in [5, 5.41) is 0. The van der Waals surface area contributed by atoms with Crippen molar-refractivity contribution < 1.29 is 4.74 Å². The van der Waals surface area contributed by atoms with Gasteiger partial charge in [-0.05, 0) is 54.8 Å². The molecule has 0 unspecified atom stereocenters. The molecule has 3 aromatic carbocycles. The Bertz CT molecular complexity index is 889. The zero-order chi connectivity index (χ0) is 17.2. The average Bonchev–Trinajstić information content (AvgIpc) is 2.65. The summed E-state index contributed by atoms with van der Waals surface area (Å²) in [5.41, 5.74) is 5.94. The maximum absolute atomic E-state index is 6.15. The highest BCUT2D eigenvalue weighted by Crippen LogP contribution is 2.49. The van der Waals surface area contributed by atoms with Crippen LogP contribution in [0.25, 0.3) is 0 Å². The number of nitrogens with zero attached hydrogens (tertiary/aromatic N) is 1. The van der Waals surface area contributed by atoms with Crippen molar-refractivity contribution in [2.24, 2.45) is 0 Å². The van der Waals surface area contributed by atoms with Gasteiger partial charge in [0.2, 0.25) is 0 Å². The Balaban J connectivity index is 1.78. The van der Waals surface area contributed by atoms with Gasteiger partial charge >= 0.3 is 0 Å². The quantitative estimate of drug-likeness (QED) is 0.496. The molecular weight excluding hydrogens is 305 g/mol. The molecular formula is C22H22BNO. The summed E-state index contributed by atoms with van der Waals surface area (Å²) in [7, 11) is 2.09. The SMILES string of the molecule is Bc1ccc2c(c1)Oc1ccccc1N2c1ccc(CCCC)cc1. The van der Waals surface area contributed by atoms with Crippen LogP contribution >= 0.6 is 0 Å². The van der Waals surface area contributed by atoms with Gasteiger partial charge in [0.15, 0.2) is 11.5 Å². The minimum atomic E-state index is 0.899. The summed E-state index contributed by atoms with van der Waals surface area (Å²) < 4.78 is 6.15. The van der Waals surface area contributed by atoms with Crippen LogP contribution in [0.5, 0.6) is 11.5 Å². The second-order valence-corrected chi connectivity index (χ2v) is 6.65. The van der Waals surface area contributed by atoms with Crippen molar-refractivity contribution >= 4 is 30.4 Å². The molecule has 0 radical (unpaired) electrons. The Morgan fingerprint density at radius 3 is 2.44 bits per heavy atom. The predicted octanol–water partition coefficient (Wildman–Crippen LogP) is 4.86. The average molecular weight is 327 g/mol. The molecule has 0 spiro atoms. The third-order valence-electron chi connectivity index (χ3n) is 4.70. The molecule has 1 heterocycles. The number of benzene rings is 3. The first-order chi connectivity index (χ1) is 12.3. The summed E-state index contributed by atoms with van der Waals surface area (Å²) in [6.07, 6.45) is 3.61. The molecule has 0 amide bonds. The summed E-state index contributed by atoms with van der Waals surface area (Å²) in [5.74, 6) is 1.81. The Morgan fingerprint density at radius 2 is 1.64 bits per heavy atom. The van der Waals surface area contributed by atoms with Gasteiger partial charge in [0, 0.05) is 5.69 Å². The van der Waals surface area contributed by atoms with E-state index in [1.165, 1.54) is 29.6 Å². The van der Waals surface area contributed by atoms with Crippen molar-refractivity contribution in [1.82, 2.24) is 0 Å². The highest BCUT2D eigenvalue weighted by atomic mass is 16.5. The van der Waals surface area contributed by atoms with Crippen LogP contribution in [0.4, 0.5) is 17.1 Å². The lowest BCUT2D eigenvalue weighted by Gasteiger charge is -2.33. The number of hydrogen-bond donors (Lipinski definition) is 0. The molecule has 0 N–H and O–H groups in total. The topological polar surface area (TPSA) is 12.5 Å². The van der Waals surface area contributed by atoms with E-state index < -0.39 is 0 Å². The molecule has 4 rings (SSSR count). The van der Waals surface area contributed by atoms with Crippen molar-refractivity contribution in [2.75, 3.05) is 4.90 Å². The lowest BCUT2D eigenvalue weighted by atomic mass is 9.95. The number of aryl methyl sites for hydroxylation is 1. The first-order valence-corrected chi connectivity index (χ1v) is 9.03. The van der Waals surface area contributed by atoms with Crippen LogP contribution < -0.4 is 15.1 Å². The number of fused-ring (bicyclic) bond motifs is 2. The van der Waals surface area contributed by atoms with E-state index in [0.717, 1.165) is 29.3 Å². The van der Waals surface area contributed by atoms with Crippen molar-refractivity contribution in [3.8, 4) is 11.5 Å². The summed E-state index contributed by atoms with van der Waals surface area (Å²) in [4.78, 5) is 2.29. The Kier molecular flexibility index (Phi) is 4.23. The minimum Gasteiger partial charge on any atom is -0.453 e. The van der Waals surface area contributed by atoms with E-state index in [0.29, 0.717) is 0 Å². The minimum absolute atomic E-state index is 0.899. The fourth-order valence-electron chi connectivity index (χ4n) is 3.34. The van der Waals surface area contributed by atoms with Gasteiger partial charge in [0.25, 0.3) is 0 Å². The number of hydrogen-bond acceptors (Lipinski definition) is 2. The number of rotatable bonds is 4. The molecule has 1 aliphatic heterocycles. The number of unbranched alkanes of at least 4 members (excludes halogenated alkanes) is 1. The van der Waals surface area contributed by atoms with Crippen molar-refractivity contribution in [3.05, 3.63) is 72.3 Å². The fourth-order valence-corrected chi connectivity index (χ4v) is 3.34. The molecule has 0 fully saturated rings. The second kappa shape index (κ2) is 6.68. The molecule has 0 aliphatic carbocycles. The van der Waals surface area contributed by atoms with Gasteiger partial charge in [-0.15, -0.1) is 0 Å². The molecule has 124 valence electrons. The van der Waals surface area contributed by atoms with Gasteiger partial charge in [-0.2, -0.15) is 0 Å². The molecule has 0 aromatic heterocycles. The van der Waals surface area contributed by atoms with Crippen LogP contribution in [0.3, 0.4) is 0 Å². The molecule has 0 atom stereocenters. The van der Waals surface area contributed by atoms with Crippen molar-refractivity contribution in [2.45, 2.75) is 26.2 Å². The second-order valence-electron chi connectivity index (χ2n) is 6.65. The maximum Gasteiger partial charge on any atom is 0.151 e. The van der Waals surface area contributed by atoms with Gasteiger partial charge in [-0.3, -0.25) is 0 Å². The smallest absolute Gasteiger partial charge is 0.151 e. The van der Waals surface area contributed by atoms with Crippen LogP contribution in [0.2, 0.25) is 0 Å². The van der Waals surface area contributed by atoms with Crippen molar-refractivity contribution in [3.63, 3.8) is 0 Å². The zero-order valence-electron chi connectivity index (χ0n) is 14.8. The monoisotopic (exact) mass is 327 g/mol. The van der Waals surface area contributed by atoms with Crippen molar-refractivity contribution in [1.29, 1.82) is 0 Å². The van der Waals surface area contributed by atoms with E-state index in [1.54, 1.807) is 0 Å². The van der Waals surface area contributed by atoms with Gasteiger partial charge in [0.1, 0.15) is 7.85 Å². The summed E-state index contributed by atoms with van der Waals surface area (Å²) >= 11 is 0. The van der Waals surface area contributed by atoms with E-state index in [2.05, 4.69) is 74.3 Å². The van der Waals surface area contributed by atoms with Crippen LogP contribution in [-0.4, -0.2) is 7.85 Å². The highest BCUT2D eigenvalue weighted by molar-refractivity contribution is 6.32. The molecule has 25 heavy (non-hydrogen) atoms. The molecule has 2 nitrogen and oxygen atoms in total. The molecule has 0 bridgehead atoms. The van der Waals surface area contributed by atoms with E-state index >= 15 is 0 Å². The van der Waals surface area contributed by atoms with Crippen LogP contribution in [0.15, 0.2) is 66.7 Å². The maximum atomic E-state index is 6.15. The number of anilines is 3. The molecule has 3 heteroatoms. The van der Waals surface area contributed by atoms with Crippen LogP contribution in [-0.2, 0) is 6.42 Å². The van der Waals surface area contributed by atoms with E-state index in [4.69, 9.17) is 4.74 Å². The third-order valence-corrected chi connectivity index (χ3v) is 4.70. The standard InChI is InChI=1S/C22H22BNO/c1-2-3-6-16-9-12-18(13-10-16)24-19-7-4-5-8-21(19)25-22-15-17(23)11-14-20(22)24/h4-5,7-15H,2-3,6,23H2,1H3. The van der Waals surface area contributed by atoms with Crippen LogP contribution in [0.1, 0.15) is 25.3 Å². The highest BCUT2D eigenvalue weighted by Gasteiger charge is 2.25. The van der Waals surface area contributed by atoms with E-state index in [1.807, 2.05) is 12.1 Å². The Hall–Kier alpha value is -2.68. The van der Waals surface area contributed by atoms with Gasteiger partial charge in [0.05, 0.1) is 11.4 Å². The molecule has 0 saturated heterocycles. The first-order valence-electron chi connectivity index (χ1n) is 9.03. The van der Waals surface area contributed by atoms with Gasteiger partial charge in [-0.25, -0.2) is 0 Å². The number of para-hydroxylation sites is 2. The Labute approximate surface area is 150 Å². The third kappa shape index (κ3) is 3.02. The molecule has 1 aliphatic rings. The first kappa shape index (κ1) is 15.8. The van der Waals surface area contributed by atoms with Gasteiger partial charge < -0.3 is 9.64 Å². The summed E-state index contributed by atoms with van der Waals surface area (Å²) in [6.45, 7) is 2.23. The predicted molar refractivity (Wildman–Crippen MR) is 108 cm³/mol. The zero-order valence-corrected chi connectivity index (χ0v) is 14.8. The largest absolute Gasteiger partial charge is 0.453 e. The van der Waals surface area contributed by atoms with E-state index in [9.17, 15) is 0 Å². The van der Waals surface area contributed by atoms with Gasteiger partial charge in [-0.1, -0.05) is 49.1 Å². The lowest BCUT2D eigenvalue weighted by molar-refractivity contribution is 0.477. The molecule has 3 aromatic rings. The van der Waals surface area contributed by atoms with Crippen LogP contribution in [0, 0.1) is 0 Å². The normalized spacial score (nSPS) is 12.3. The summed E-state index contributed by atoms with van der Waals surface area (Å²) in [6, 6.07) is 23.5. The molecule has 0 saturated carbocycles. The van der Waals surface area contributed by atoms with E-state index in [-0.39, 0.29) is 0 Å².